The summed E-state index contributed by atoms with van der Waals surface area (Å²) < 4.78 is 0. The third-order valence-corrected chi connectivity index (χ3v) is 1.49. The van der Waals surface area contributed by atoms with Crippen LogP contribution in [0.3, 0.4) is 0 Å². The first kappa shape index (κ1) is 10.9. The van der Waals surface area contributed by atoms with Crippen LogP contribution in [0.1, 0.15) is 0 Å². The average Bonchev–Trinajstić information content (AvgIpc) is 2.53. The maximum atomic E-state index is 5.37. The zero-order valence-electron chi connectivity index (χ0n) is 8.68. The normalized spacial score (nSPS) is 19.0. The smallest absolute Gasteiger partial charge is 0.261 e. The van der Waals surface area contributed by atoms with E-state index < -0.39 is 6.29 Å². The first-order chi connectivity index (χ1) is 7.15. The van der Waals surface area contributed by atoms with Crippen molar-refractivity contribution in [2.75, 3.05) is 21.1 Å². The van der Waals surface area contributed by atoms with Gasteiger partial charge in [-0.25, -0.2) is 10.0 Å². The highest BCUT2D eigenvalue weighted by atomic mass is 15.8. The lowest BCUT2D eigenvalue weighted by Crippen LogP contribution is -2.31. The lowest BCUT2D eigenvalue weighted by atomic mass is 10.8. The molecule has 1 aliphatic rings. The molecule has 0 fully saturated rings. The number of hydrogen-bond donors (Lipinski definition) is 1. The van der Waals surface area contributed by atoms with E-state index in [2.05, 4.69) is 36.1 Å². The average molecular weight is 212 g/mol. The molecule has 0 aromatic carbocycles. The summed E-state index contributed by atoms with van der Waals surface area (Å²) in [6.07, 6.45) is -0.405. The van der Waals surface area contributed by atoms with Gasteiger partial charge in [0, 0.05) is 14.1 Å². The van der Waals surface area contributed by atoms with Crippen LogP contribution in [0.2, 0.25) is 0 Å². The van der Waals surface area contributed by atoms with E-state index in [-0.39, 0.29) is 5.96 Å². The number of nitrogens with two attached hydrogens (primary N) is 1. The van der Waals surface area contributed by atoms with Gasteiger partial charge in [0.05, 0.1) is 7.05 Å². The molecule has 0 aromatic rings. The molecule has 0 aliphatic carbocycles. The van der Waals surface area contributed by atoms with E-state index in [1.54, 1.807) is 14.1 Å². The molecule has 0 atom stereocenters. The van der Waals surface area contributed by atoms with Crippen molar-refractivity contribution in [3.05, 3.63) is 0 Å². The van der Waals surface area contributed by atoms with Crippen molar-refractivity contribution < 1.29 is 0 Å². The van der Waals surface area contributed by atoms with Crippen molar-refractivity contribution in [1.29, 1.82) is 0 Å². The Hall–Kier alpha value is -2.13. The number of rotatable bonds is 2. The van der Waals surface area contributed by atoms with Gasteiger partial charge in [0.15, 0.2) is 0 Å². The van der Waals surface area contributed by atoms with E-state index >= 15 is 0 Å². The van der Waals surface area contributed by atoms with E-state index in [0.717, 1.165) is 0 Å². The summed E-state index contributed by atoms with van der Waals surface area (Å²) in [7, 11) is 4.91. The lowest BCUT2D eigenvalue weighted by molar-refractivity contribution is 0.158. The fourth-order valence-corrected chi connectivity index (χ4v) is 0.831. The summed E-state index contributed by atoms with van der Waals surface area (Å²) in [5.41, 5.74) is 5.37. The van der Waals surface area contributed by atoms with Gasteiger partial charge in [-0.3, -0.25) is 0 Å². The van der Waals surface area contributed by atoms with Crippen molar-refractivity contribution in [2.24, 2.45) is 41.8 Å². The van der Waals surface area contributed by atoms with Crippen LogP contribution in [0.4, 0.5) is 0 Å². The van der Waals surface area contributed by atoms with Gasteiger partial charge >= 0.3 is 0 Å². The monoisotopic (exact) mass is 212 g/mol. The summed E-state index contributed by atoms with van der Waals surface area (Å²) in [4.78, 5) is 0. The van der Waals surface area contributed by atoms with Crippen LogP contribution in [-0.2, 0) is 0 Å². The molecule has 0 spiro atoms. The Morgan fingerprint density at radius 2 is 1.87 bits per heavy atom. The lowest BCUT2D eigenvalue weighted by Gasteiger charge is -2.15. The predicted octanol–water partition coefficient (Wildman–Crippen LogP) is 0.193. The zero-order valence-corrected chi connectivity index (χ0v) is 8.68. The molecule has 0 radical (unpaired) electrons. The van der Waals surface area contributed by atoms with Crippen LogP contribution in [0.25, 0.3) is 0 Å². The SMILES string of the molecule is CN=N/N=C(\N)N=NC1N(C)N=NN1C. The Bertz CT molecular complexity index is 304. The second-order valence-corrected chi connectivity index (χ2v) is 2.64. The maximum absolute atomic E-state index is 5.37. The summed E-state index contributed by atoms with van der Waals surface area (Å²) in [6.45, 7) is 0. The molecule has 10 heteroatoms. The van der Waals surface area contributed by atoms with Crippen molar-refractivity contribution in [1.82, 2.24) is 10.0 Å². The van der Waals surface area contributed by atoms with Crippen molar-refractivity contribution in [2.45, 2.75) is 6.29 Å². The second kappa shape index (κ2) is 4.93. The first-order valence-electron chi connectivity index (χ1n) is 4.05. The van der Waals surface area contributed by atoms with Gasteiger partial charge in [-0.1, -0.05) is 5.10 Å². The summed E-state index contributed by atoms with van der Waals surface area (Å²) in [6, 6.07) is 0. The summed E-state index contributed by atoms with van der Waals surface area (Å²) >= 11 is 0. The van der Waals surface area contributed by atoms with Crippen molar-refractivity contribution in [3.63, 3.8) is 0 Å². The van der Waals surface area contributed by atoms with E-state index in [9.17, 15) is 0 Å². The van der Waals surface area contributed by atoms with Gasteiger partial charge in [-0.2, -0.15) is 5.11 Å². The maximum Gasteiger partial charge on any atom is 0.261 e. The van der Waals surface area contributed by atoms with Gasteiger partial charge in [0.25, 0.3) is 12.2 Å². The van der Waals surface area contributed by atoms with Gasteiger partial charge in [0.2, 0.25) is 0 Å². The van der Waals surface area contributed by atoms with Crippen LogP contribution in [0.15, 0.2) is 36.1 Å². The predicted molar refractivity (Wildman–Crippen MR) is 51.4 cm³/mol. The fraction of sp³-hybridized carbons (Fsp3) is 0.800. The Morgan fingerprint density at radius 3 is 2.40 bits per heavy atom. The molecule has 0 saturated carbocycles. The molecule has 1 rings (SSSR count). The summed E-state index contributed by atoms with van der Waals surface area (Å²) in [5, 5.41) is 28.2. The van der Waals surface area contributed by atoms with Gasteiger partial charge < -0.3 is 5.73 Å². The van der Waals surface area contributed by atoms with Crippen molar-refractivity contribution >= 4 is 5.96 Å². The zero-order chi connectivity index (χ0) is 11.3. The second-order valence-electron chi connectivity index (χ2n) is 2.64. The largest absolute Gasteiger partial charge is 0.365 e. The number of azo groups is 1. The topological polar surface area (TPSA) is 119 Å². The van der Waals surface area contributed by atoms with Gasteiger partial charge in [0.1, 0.15) is 0 Å². The molecule has 0 aromatic heterocycles. The Morgan fingerprint density at radius 1 is 1.27 bits per heavy atom. The minimum absolute atomic E-state index is 0.0747. The molecule has 1 aliphatic heterocycles. The Balaban J connectivity index is 2.58. The number of guanidine groups is 1. The van der Waals surface area contributed by atoms with Crippen LogP contribution >= 0.6 is 0 Å². The minimum Gasteiger partial charge on any atom is -0.365 e. The molecule has 15 heavy (non-hydrogen) atoms. The fourth-order valence-electron chi connectivity index (χ4n) is 0.831. The highest BCUT2D eigenvalue weighted by Gasteiger charge is 2.22. The molecule has 2 N–H and O–H groups in total. The van der Waals surface area contributed by atoms with Crippen molar-refractivity contribution in [3.8, 4) is 0 Å². The van der Waals surface area contributed by atoms with E-state index in [1.165, 1.54) is 17.1 Å². The first-order valence-corrected chi connectivity index (χ1v) is 4.05. The molecule has 0 bridgehead atoms. The molecule has 1 heterocycles. The molecule has 0 unspecified atom stereocenters. The van der Waals surface area contributed by atoms with E-state index in [4.69, 9.17) is 5.73 Å². The quantitative estimate of drug-likeness (QED) is 0.304. The molecule has 82 valence electrons. The molecule has 0 amide bonds. The molecular weight excluding hydrogens is 200 g/mol. The summed E-state index contributed by atoms with van der Waals surface area (Å²) in [5.74, 6) is -0.0747. The Labute approximate surface area is 86.2 Å². The highest BCUT2D eigenvalue weighted by molar-refractivity contribution is 5.77. The Kier molecular flexibility index (Phi) is 3.60. The highest BCUT2D eigenvalue weighted by Crippen LogP contribution is 2.12. The van der Waals surface area contributed by atoms with Crippen LogP contribution in [-0.4, -0.2) is 43.4 Å². The van der Waals surface area contributed by atoms with Crippen LogP contribution < -0.4 is 5.73 Å². The van der Waals surface area contributed by atoms with Crippen LogP contribution in [0, 0.1) is 0 Å². The minimum atomic E-state index is -0.405. The third kappa shape index (κ3) is 2.93. The van der Waals surface area contributed by atoms with E-state index in [0.29, 0.717) is 0 Å². The molecule has 10 nitrogen and oxygen atoms in total. The molecular formula is C5H12N10. The number of nitrogens with zero attached hydrogens (tertiary/aromatic N) is 9. The van der Waals surface area contributed by atoms with E-state index in [1.807, 2.05) is 0 Å². The third-order valence-electron chi connectivity index (χ3n) is 1.49. The molecule has 0 saturated heterocycles. The number of hydrogen-bond acceptors (Lipinski definition) is 7. The van der Waals surface area contributed by atoms with Gasteiger partial charge in [-0.05, 0) is 15.7 Å². The van der Waals surface area contributed by atoms with Crippen LogP contribution in [0.5, 0.6) is 0 Å². The van der Waals surface area contributed by atoms with Gasteiger partial charge in [-0.15, -0.1) is 10.2 Å². The standard InChI is InChI=1S/C5H12N10/c1-7-11-9-4(6)8-10-5-14(2)12-13-15(5)3/h5H,1-3H3,(H2,6,7,9).